The highest BCUT2D eigenvalue weighted by molar-refractivity contribution is 5.47. The van der Waals surface area contributed by atoms with Gasteiger partial charge in [-0.25, -0.2) is 4.39 Å². The van der Waals surface area contributed by atoms with E-state index in [0.717, 1.165) is 25.9 Å². The van der Waals surface area contributed by atoms with Gasteiger partial charge in [-0.1, -0.05) is 12.1 Å². The Hall–Kier alpha value is -1.17. The van der Waals surface area contributed by atoms with Crippen molar-refractivity contribution in [2.24, 2.45) is 0 Å². The van der Waals surface area contributed by atoms with Crippen LogP contribution >= 0.6 is 0 Å². The van der Waals surface area contributed by atoms with Crippen molar-refractivity contribution in [3.05, 3.63) is 30.1 Å². The van der Waals surface area contributed by atoms with Crippen molar-refractivity contribution in [1.82, 2.24) is 4.90 Å². The number of hydrogen-bond donors (Lipinski definition) is 2. The molecular formula is C16H23FN2O2. The number of likely N-dealkylation sites (tertiary alicyclic amines) is 1. The fourth-order valence-electron chi connectivity index (χ4n) is 3.56. The monoisotopic (exact) mass is 294 g/mol. The average molecular weight is 294 g/mol. The zero-order valence-corrected chi connectivity index (χ0v) is 12.2. The third-order valence-corrected chi connectivity index (χ3v) is 4.61. The van der Waals surface area contributed by atoms with Crippen molar-refractivity contribution >= 4 is 5.69 Å². The number of anilines is 1. The molecule has 2 heterocycles. The maximum Gasteiger partial charge on any atom is 0.146 e. The summed E-state index contributed by atoms with van der Waals surface area (Å²) < 4.78 is 13.8. The smallest absolute Gasteiger partial charge is 0.146 e. The lowest BCUT2D eigenvalue weighted by molar-refractivity contribution is -0.0283. The summed E-state index contributed by atoms with van der Waals surface area (Å²) in [5.41, 5.74) is 0.676. The molecule has 0 spiro atoms. The molecule has 21 heavy (non-hydrogen) atoms. The zero-order valence-electron chi connectivity index (χ0n) is 12.2. The van der Waals surface area contributed by atoms with Gasteiger partial charge in [0.15, 0.2) is 0 Å². The molecule has 5 heteroatoms. The van der Waals surface area contributed by atoms with Gasteiger partial charge in [-0.2, -0.15) is 0 Å². The molecule has 2 fully saturated rings. The van der Waals surface area contributed by atoms with E-state index < -0.39 is 12.2 Å². The molecule has 3 rings (SSSR count). The normalized spacial score (nSPS) is 28.8. The molecule has 0 unspecified atom stereocenters. The van der Waals surface area contributed by atoms with Crippen LogP contribution in [0.25, 0.3) is 0 Å². The van der Waals surface area contributed by atoms with Gasteiger partial charge in [0.1, 0.15) is 5.82 Å². The van der Waals surface area contributed by atoms with Gasteiger partial charge in [-0.05, 0) is 25.0 Å². The lowest BCUT2D eigenvalue weighted by Crippen LogP contribution is -2.53. The summed E-state index contributed by atoms with van der Waals surface area (Å²) in [5, 5.41) is 19.6. The minimum Gasteiger partial charge on any atom is -0.392 e. The molecule has 0 radical (unpaired) electrons. The Morgan fingerprint density at radius 1 is 1.00 bits per heavy atom. The molecule has 2 saturated heterocycles. The largest absolute Gasteiger partial charge is 0.392 e. The molecule has 1 aromatic rings. The molecule has 2 aliphatic rings. The number of hydrogen-bond acceptors (Lipinski definition) is 4. The minimum absolute atomic E-state index is 0.167. The van der Waals surface area contributed by atoms with Gasteiger partial charge in [0.05, 0.1) is 17.9 Å². The molecule has 116 valence electrons. The van der Waals surface area contributed by atoms with Crippen molar-refractivity contribution in [1.29, 1.82) is 0 Å². The highest BCUT2D eigenvalue weighted by Gasteiger charge is 2.31. The van der Waals surface area contributed by atoms with Crippen LogP contribution in [0.3, 0.4) is 0 Å². The Labute approximate surface area is 124 Å². The van der Waals surface area contributed by atoms with Gasteiger partial charge >= 0.3 is 0 Å². The highest BCUT2D eigenvalue weighted by atomic mass is 19.1. The number of nitrogens with zero attached hydrogens (tertiary/aromatic N) is 2. The van der Waals surface area contributed by atoms with E-state index in [1.165, 1.54) is 6.07 Å². The number of benzene rings is 1. The van der Waals surface area contributed by atoms with E-state index in [2.05, 4.69) is 9.80 Å². The van der Waals surface area contributed by atoms with Crippen LogP contribution in [0.2, 0.25) is 0 Å². The number of β-amino-alcohol motifs (C(OH)–C–C–N with tert-alkyl or cyclic N) is 2. The van der Waals surface area contributed by atoms with E-state index in [0.29, 0.717) is 31.2 Å². The molecule has 0 aromatic heterocycles. The van der Waals surface area contributed by atoms with E-state index in [-0.39, 0.29) is 5.82 Å². The average Bonchev–Trinajstić information content (AvgIpc) is 2.47. The number of halogens is 1. The fraction of sp³-hybridized carbons (Fsp3) is 0.625. The zero-order chi connectivity index (χ0) is 14.8. The maximum absolute atomic E-state index is 13.8. The second-order valence-electron chi connectivity index (χ2n) is 6.17. The summed E-state index contributed by atoms with van der Waals surface area (Å²) >= 11 is 0. The first-order chi connectivity index (χ1) is 10.1. The number of aliphatic hydroxyl groups is 2. The van der Waals surface area contributed by atoms with Crippen LogP contribution in [-0.4, -0.2) is 59.5 Å². The Balaban J connectivity index is 1.59. The van der Waals surface area contributed by atoms with Gasteiger partial charge in [0.2, 0.25) is 0 Å². The van der Waals surface area contributed by atoms with Crippen molar-refractivity contribution in [2.45, 2.75) is 37.5 Å². The summed E-state index contributed by atoms with van der Waals surface area (Å²) in [6.45, 7) is 2.91. The number of aliphatic hydroxyl groups excluding tert-OH is 2. The first-order valence-corrected chi connectivity index (χ1v) is 7.73. The first kappa shape index (κ1) is 14.8. The lowest BCUT2D eigenvalue weighted by atomic mass is 9.97. The molecule has 2 atom stereocenters. The predicted molar refractivity (Wildman–Crippen MR) is 79.8 cm³/mol. The minimum atomic E-state index is -0.432. The SMILES string of the molecule is O[C@@H]1C[C@@H](O)CN(C2CCN(c3ccccc3F)CC2)C1. The predicted octanol–water partition coefficient (Wildman–Crippen LogP) is 1.22. The van der Waals surface area contributed by atoms with Crippen molar-refractivity contribution in [3.8, 4) is 0 Å². The Morgan fingerprint density at radius 3 is 2.24 bits per heavy atom. The van der Waals surface area contributed by atoms with Crippen LogP contribution in [0.1, 0.15) is 19.3 Å². The molecule has 0 bridgehead atoms. The summed E-state index contributed by atoms with van der Waals surface area (Å²) in [6.07, 6.45) is 1.49. The van der Waals surface area contributed by atoms with Gasteiger partial charge in [-0.3, -0.25) is 4.90 Å². The van der Waals surface area contributed by atoms with Gasteiger partial charge < -0.3 is 15.1 Å². The molecule has 1 aromatic carbocycles. The molecule has 2 aliphatic heterocycles. The third kappa shape index (κ3) is 3.36. The first-order valence-electron chi connectivity index (χ1n) is 7.73. The summed E-state index contributed by atoms with van der Waals surface area (Å²) in [4.78, 5) is 4.28. The van der Waals surface area contributed by atoms with Crippen molar-refractivity contribution in [2.75, 3.05) is 31.1 Å². The number of piperidine rings is 2. The van der Waals surface area contributed by atoms with Crippen LogP contribution in [0.15, 0.2) is 24.3 Å². The summed E-state index contributed by atoms with van der Waals surface area (Å²) in [6, 6.07) is 7.27. The van der Waals surface area contributed by atoms with E-state index in [1.54, 1.807) is 6.07 Å². The van der Waals surface area contributed by atoms with E-state index >= 15 is 0 Å². The fourth-order valence-corrected chi connectivity index (χ4v) is 3.56. The molecule has 0 amide bonds. The summed E-state index contributed by atoms with van der Waals surface area (Å²) in [5.74, 6) is -0.167. The van der Waals surface area contributed by atoms with Crippen LogP contribution in [0, 0.1) is 5.82 Å². The second kappa shape index (κ2) is 6.30. The van der Waals surface area contributed by atoms with Crippen molar-refractivity contribution in [3.63, 3.8) is 0 Å². The van der Waals surface area contributed by atoms with Crippen LogP contribution in [0.4, 0.5) is 10.1 Å². The Morgan fingerprint density at radius 2 is 1.62 bits per heavy atom. The number of para-hydroxylation sites is 1. The van der Waals surface area contributed by atoms with Gasteiger partial charge in [-0.15, -0.1) is 0 Å². The topological polar surface area (TPSA) is 46.9 Å². The van der Waals surface area contributed by atoms with Gasteiger partial charge in [0, 0.05) is 38.6 Å². The van der Waals surface area contributed by atoms with Crippen LogP contribution in [-0.2, 0) is 0 Å². The third-order valence-electron chi connectivity index (χ3n) is 4.61. The quantitative estimate of drug-likeness (QED) is 0.861. The second-order valence-corrected chi connectivity index (χ2v) is 6.17. The molecule has 4 nitrogen and oxygen atoms in total. The Bertz CT molecular complexity index is 467. The highest BCUT2D eigenvalue weighted by Crippen LogP contribution is 2.26. The maximum atomic E-state index is 13.8. The van der Waals surface area contributed by atoms with Crippen LogP contribution in [0.5, 0.6) is 0 Å². The van der Waals surface area contributed by atoms with Crippen molar-refractivity contribution < 1.29 is 14.6 Å². The van der Waals surface area contributed by atoms with E-state index in [1.807, 2.05) is 12.1 Å². The van der Waals surface area contributed by atoms with Crippen LogP contribution < -0.4 is 4.90 Å². The lowest BCUT2D eigenvalue weighted by Gasteiger charge is -2.43. The summed E-state index contributed by atoms with van der Waals surface area (Å²) in [7, 11) is 0. The molecular weight excluding hydrogens is 271 g/mol. The number of rotatable bonds is 2. The standard InChI is InChI=1S/C16H23FN2O2/c17-15-3-1-2-4-16(15)18-7-5-12(6-8-18)19-10-13(20)9-14(21)11-19/h1-4,12-14,20-21H,5-11H2/t13-,14-/m1/s1. The molecule has 0 saturated carbocycles. The van der Waals surface area contributed by atoms with E-state index in [4.69, 9.17) is 0 Å². The molecule has 2 N–H and O–H groups in total. The van der Waals surface area contributed by atoms with Gasteiger partial charge in [0.25, 0.3) is 0 Å². The van der Waals surface area contributed by atoms with E-state index in [9.17, 15) is 14.6 Å². The molecule has 0 aliphatic carbocycles. The Kier molecular flexibility index (Phi) is 4.42.